The summed E-state index contributed by atoms with van der Waals surface area (Å²) in [5, 5.41) is 11.8. The van der Waals surface area contributed by atoms with Gasteiger partial charge in [-0.05, 0) is 30.7 Å². The molecule has 4 heterocycles. The number of ether oxygens (including phenoxy) is 1. The van der Waals surface area contributed by atoms with Crippen LogP contribution in [0.25, 0.3) is 22.3 Å². The average molecular weight is 466 g/mol. The van der Waals surface area contributed by atoms with Crippen LogP contribution in [-0.4, -0.2) is 26.5 Å². The van der Waals surface area contributed by atoms with Crippen molar-refractivity contribution in [1.82, 2.24) is 9.55 Å². The molecule has 35 heavy (non-hydrogen) atoms. The highest BCUT2D eigenvalue weighted by atomic mass is 16.6. The summed E-state index contributed by atoms with van der Waals surface area (Å²) in [6.07, 6.45) is 0.101. The van der Waals surface area contributed by atoms with Crippen molar-refractivity contribution >= 4 is 28.4 Å². The van der Waals surface area contributed by atoms with Crippen LogP contribution in [0, 0.1) is 0 Å². The Hall–Kier alpha value is -4.30. The number of esters is 1. The summed E-state index contributed by atoms with van der Waals surface area (Å²) in [7, 11) is 0. The predicted molar refractivity (Wildman–Crippen MR) is 131 cm³/mol. The first kappa shape index (κ1) is 21.2. The lowest BCUT2D eigenvalue weighted by atomic mass is 9.86. The fraction of sp³-hybridized carbons (Fsp3) is 0.185. The number of nitrogens with zero attached hydrogens (tertiary/aromatic N) is 3. The highest BCUT2D eigenvalue weighted by Gasteiger charge is 2.45. The van der Waals surface area contributed by atoms with E-state index >= 15 is 0 Å². The molecule has 6 rings (SSSR count). The number of hydrogen-bond donors (Lipinski definition) is 2. The number of rotatable bonds is 3. The Morgan fingerprint density at radius 1 is 1.17 bits per heavy atom. The zero-order valence-electron chi connectivity index (χ0n) is 19.0. The van der Waals surface area contributed by atoms with Gasteiger partial charge in [-0.1, -0.05) is 43.3 Å². The van der Waals surface area contributed by atoms with E-state index in [0.29, 0.717) is 46.1 Å². The Morgan fingerprint density at radius 3 is 2.74 bits per heavy atom. The lowest BCUT2D eigenvalue weighted by molar-refractivity contribution is -0.172. The molecule has 174 valence electrons. The van der Waals surface area contributed by atoms with Crippen LogP contribution >= 0.6 is 0 Å². The maximum atomic E-state index is 13.3. The lowest BCUT2D eigenvalue weighted by Crippen LogP contribution is -2.44. The number of hydrogen-bond acceptors (Lipinski definition) is 6. The second-order valence-corrected chi connectivity index (χ2v) is 8.81. The minimum absolute atomic E-state index is 0.101. The maximum absolute atomic E-state index is 13.3. The summed E-state index contributed by atoms with van der Waals surface area (Å²) in [6, 6.07) is 18.8. The Morgan fingerprint density at radius 2 is 1.97 bits per heavy atom. The molecule has 0 saturated carbocycles. The van der Waals surface area contributed by atoms with Crippen molar-refractivity contribution in [2.75, 3.05) is 0 Å². The molecule has 2 aromatic heterocycles. The fourth-order valence-corrected chi connectivity index (χ4v) is 4.89. The van der Waals surface area contributed by atoms with Crippen molar-refractivity contribution in [3.63, 3.8) is 0 Å². The first-order valence-electron chi connectivity index (χ1n) is 11.4. The molecule has 8 nitrogen and oxygen atoms in total. The molecule has 0 fully saturated rings. The van der Waals surface area contributed by atoms with Gasteiger partial charge >= 0.3 is 5.97 Å². The van der Waals surface area contributed by atoms with E-state index in [9.17, 15) is 14.7 Å². The molecular weight excluding hydrogens is 444 g/mol. The van der Waals surface area contributed by atoms with Gasteiger partial charge in [0.25, 0.3) is 5.56 Å². The molecule has 2 aromatic carbocycles. The topological polar surface area (TPSA) is 120 Å². The third-order valence-electron chi connectivity index (χ3n) is 6.84. The second kappa shape index (κ2) is 7.61. The van der Waals surface area contributed by atoms with Crippen LogP contribution in [0.3, 0.4) is 0 Å². The van der Waals surface area contributed by atoms with E-state index in [1.807, 2.05) is 54.6 Å². The van der Waals surface area contributed by atoms with Gasteiger partial charge in [-0.15, -0.1) is 0 Å². The molecule has 2 aliphatic rings. The molecule has 0 radical (unpaired) electrons. The van der Waals surface area contributed by atoms with E-state index in [1.54, 1.807) is 17.6 Å². The quantitative estimate of drug-likeness (QED) is 0.240. The number of benzene rings is 2. The van der Waals surface area contributed by atoms with Gasteiger partial charge in [0.1, 0.15) is 12.4 Å². The van der Waals surface area contributed by atoms with Gasteiger partial charge < -0.3 is 20.1 Å². The first-order chi connectivity index (χ1) is 16.9. The third kappa shape index (κ3) is 3.10. The van der Waals surface area contributed by atoms with E-state index in [0.717, 1.165) is 16.5 Å². The van der Waals surface area contributed by atoms with Gasteiger partial charge in [-0.3, -0.25) is 4.79 Å². The number of carbonyl (C=O) groups excluding carboxylic acids is 1. The van der Waals surface area contributed by atoms with Crippen molar-refractivity contribution in [2.24, 2.45) is 10.7 Å². The average Bonchev–Trinajstić information content (AvgIpc) is 3.24. The summed E-state index contributed by atoms with van der Waals surface area (Å²) in [5.74, 6) is -0.339. The SMILES string of the molecule is CC[C@@]1(O)C(=O)OCc2c1cc1n(c2=O)Cc2cc3c(N=C(N)c4ccccc4)cccc3nc2-1. The Bertz CT molecular complexity index is 1620. The van der Waals surface area contributed by atoms with Crippen molar-refractivity contribution in [3.05, 3.63) is 93.3 Å². The Balaban J connectivity index is 1.52. The summed E-state index contributed by atoms with van der Waals surface area (Å²) >= 11 is 0. The fourth-order valence-electron chi connectivity index (χ4n) is 4.89. The van der Waals surface area contributed by atoms with E-state index in [4.69, 9.17) is 15.5 Å². The third-order valence-corrected chi connectivity index (χ3v) is 6.84. The number of pyridine rings is 2. The van der Waals surface area contributed by atoms with Crippen LogP contribution in [0.5, 0.6) is 0 Å². The van der Waals surface area contributed by atoms with E-state index in [1.165, 1.54) is 0 Å². The summed E-state index contributed by atoms with van der Waals surface area (Å²) in [5.41, 5.74) is 9.01. The van der Waals surface area contributed by atoms with Gasteiger partial charge in [-0.2, -0.15) is 0 Å². The molecule has 0 amide bonds. The molecule has 0 bridgehead atoms. The van der Waals surface area contributed by atoms with Crippen LogP contribution in [0.15, 0.2) is 70.5 Å². The zero-order valence-corrected chi connectivity index (χ0v) is 19.0. The lowest BCUT2D eigenvalue weighted by Gasteiger charge is -2.31. The highest BCUT2D eigenvalue weighted by Crippen LogP contribution is 2.39. The predicted octanol–water partition coefficient (Wildman–Crippen LogP) is 3.12. The first-order valence-corrected chi connectivity index (χ1v) is 11.4. The molecule has 4 aromatic rings. The highest BCUT2D eigenvalue weighted by molar-refractivity contribution is 6.02. The van der Waals surface area contributed by atoms with Crippen molar-refractivity contribution in [1.29, 1.82) is 0 Å². The van der Waals surface area contributed by atoms with Crippen LogP contribution in [0.1, 0.15) is 35.6 Å². The van der Waals surface area contributed by atoms with Gasteiger partial charge in [0.15, 0.2) is 5.60 Å². The van der Waals surface area contributed by atoms with Crippen molar-refractivity contribution in [3.8, 4) is 11.4 Å². The maximum Gasteiger partial charge on any atom is 0.343 e. The summed E-state index contributed by atoms with van der Waals surface area (Å²) < 4.78 is 6.75. The van der Waals surface area contributed by atoms with Gasteiger partial charge in [0.05, 0.1) is 34.7 Å². The van der Waals surface area contributed by atoms with E-state index in [2.05, 4.69) is 4.99 Å². The molecule has 0 aliphatic carbocycles. The molecule has 0 spiro atoms. The van der Waals surface area contributed by atoms with Gasteiger partial charge in [-0.25, -0.2) is 14.8 Å². The van der Waals surface area contributed by atoms with Crippen LogP contribution in [0.4, 0.5) is 5.69 Å². The smallest absolute Gasteiger partial charge is 0.343 e. The van der Waals surface area contributed by atoms with Crippen LogP contribution in [-0.2, 0) is 28.3 Å². The largest absolute Gasteiger partial charge is 0.458 e. The van der Waals surface area contributed by atoms with Crippen molar-refractivity contribution < 1.29 is 14.6 Å². The standard InChI is InChI=1S/C27H22N4O4/c1-2-27(34)19-12-22-23-16(13-31(22)25(32)18(19)14-35-26(27)33)11-17-20(29-23)9-6-10-21(17)30-24(28)15-7-4-3-5-8-15/h3-12,34H,2,13-14H2,1H3,(H2,28,30)/t27-/m0/s1. The molecule has 2 aliphatic heterocycles. The molecule has 0 saturated heterocycles. The molecule has 0 unspecified atom stereocenters. The van der Waals surface area contributed by atoms with Gasteiger partial charge in [0, 0.05) is 22.1 Å². The molecule has 3 N–H and O–H groups in total. The number of amidine groups is 1. The van der Waals surface area contributed by atoms with E-state index in [-0.39, 0.29) is 18.6 Å². The summed E-state index contributed by atoms with van der Waals surface area (Å²) in [4.78, 5) is 35.2. The van der Waals surface area contributed by atoms with Gasteiger partial charge in [0.2, 0.25) is 0 Å². The number of carbonyl (C=O) groups is 1. The number of aliphatic hydroxyl groups is 1. The normalized spacial score (nSPS) is 18.7. The number of fused-ring (bicyclic) bond motifs is 5. The van der Waals surface area contributed by atoms with Crippen molar-refractivity contribution in [2.45, 2.75) is 32.1 Å². The zero-order chi connectivity index (χ0) is 24.3. The number of nitrogens with two attached hydrogens (primary N) is 1. The molecule has 8 heteroatoms. The van der Waals surface area contributed by atoms with Crippen LogP contribution in [0.2, 0.25) is 0 Å². The Labute approximate surface area is 200 Å². The Kier molecular flexibility index (Phi) is 4.62. The second-order valence-electron chi connectivity index (χ2n) is 8.81. The molecular formula is C27H22N4O4. The number of cyclic esters (lactones) is 1. The summed E-state index contributed by atoms with van der Waals surface area (Å²) in [6.45, 7) is 1.85. The van der Waals surface area contributed by atoms with E-state index < -0.39 is 11.6 Å². The minimum atomic E-state index is -1.85. The van der Waals surface area contributed by atoms with Crippen LogP contribution < -0.4 is 11.3 Å². The minimum Gasteiger partial charge on any atom is -0.458 e. The number of aromatic nitrogens is 2. The number of aliphatic imine (C=N–C) groups is 1. The molecule has 1 atom stereocenters. The monoisotopic (exact) mass is 466 g/mol.